The van der Waals surface area contributed by atoms with Crippen molar-refractivity contribution in [3.05, 3.63) is 35.8 Å². The summed E-state index contributed by atoms with van der Waals surface area (Å²) >= 11 is 1.19. The molecule has 24 heavy (non-hydrogen) atoms. The van der Waals surface area contributed by atoms with Crippen LogP contribution in [-0.4, -0.2) is 45.0 Å². The van der Waals surface area contributed by atoms with Gasteiger partial charge in [0.15, 0.2) is 11.6 Å². The van der Waals surface area contributed by atoms with E-state index in [1.165, 1.54) is 17.9 Å². The van der Waals surface area contributed by atoms with E-state index in [1.807, 2.05) is 23.1 Å². The van der Waals surface area contributed by atoms with Gasteiger partial charge in [0.1, 0.15) is 11.0 Å². The van der Waals surface area contributed by atoms with E-state index in [1.54, 1.807) is 0 Å². The number of hydrogen-bond donors (Lipinski definition) is 1. The lowest BCUT2D eigenvalue weighted by molar-refractivity contribution is 0.122. The fraction of sp³-hybridized carbons (Fsp3) is 0.333. The molecule has 3 heterocycles. The van der Waals surface area contributed by atoms with Gasteiger partial charge in [-0.3, -0.25) is 0 Å². The highest BCUT2D eigenvalue weighted by Crippen LogP contribution is 2.19. The van der Waals surface area contributed by atoms with Crippen molar-refractivity contribution in [1.82, 2.24) is 18.7 Å². The van der Waals surface area contributed by atoms with E-state index in [0.717, 1.165) is 16.6 Å². The zero-order chi connectivity index (χ0) is 16.4. The summed E-state index contributed by atoms with van der Waals surface area (Å²) < 4.78 is 27.7. The Balaban J connectivity index is 1.49. The number of ether oxygens (including phenoxy) is 1. The molecule has 0 spiro atoms. The number of nitrogens with one attached hydrogen (secondary N) is 1. The molecule has 0 amide bonds. The number of rotatable bonds is 4. The van der Waals surface area contributed by atoms with Gasteiger partial charge in [-0.15, -0.1) is 0 Å². The van der Waals surface area contributed by atoms with Gasteiger partial charge in [0, 0.05) is 19.6 Å². The molecule has 0 aliphatic carbocycles. The van der Waals surface area contributed by atoms with Crippen LogP contribution in [0.25, 0.3) is 11.0 Å². The van der Waals surface area contributed by atoms with E-state index in [0.29, 0.717) is 44.6 Å². The Bertz CT molecular complexity index is 851. The summed E-state index contributed by atoms with van der Waals surface area (Å²) in [5.74, 6) is 0.293. The second kappa shape index (κ2) is 6.62. The smallest absolute Gasteiger partial charge is 0.225 e. The third-order valence-electron chi connectivity index (χ3n) is 3.81. The second-order valence-corrected chi connectivity index (χ2v) is 5.93. The topological polar surface area (TPSA) is 76.1 Å². The molecule has 1 aromatic carbocycles. The molecule has 1 N–H and O–H groups in total. The average Bonchev–Trinajstić information content (AvgIpc) is 3.09. The van der Waals surface area contributed by atoms with Crippen LogP contribution in [0.15, 0.2) is 24.4 Å². The molecular formula is C15H15FN6OS. The Morgan fingerprint density at radius 3 is 2.92 bits per heavy atom. The van der Waals surface area contributed by atoms with Crippen LogP contribution in [0.3, 0.4) is 0 Å². The van der Waals surface area contributed by atoms with Crippen molar-refractivity contribution in [3.63, 3.8) is 0 Å². The molecule has 3 aromatic rings. The molecule has 7 nitrogen and oxygen atoms in total. The summed E-state index contributed by atoms with van der Waals surface area (Å²) in [6.07, 6.45) is 1.20. The molecule has 1 fully saturated rings. The van der Waals surface area contributed by atoms with Gasteiger partial charge >= 0.3 is 0 Å². The summed E-state index contributed by atoms with van der Waals surface area (Å²) in [4.78, 5) is 10.2. The first-order valence-electron chi connectivity index (χ1n) is 7.60. The van der Waals surface area contributed by atoms with Gasteiger partial charge in [-0.2, -0.15) is 13.7 Å². The highest BCUT2D eigenvalue weighted by atomic mass is 32.1. The van der Waals surface area contributed by atoms with Crippen LogP contribution in [-0.2, 0) is 11.3 Å². The summed E-state index contributed by atoms with van der Waals surface area (Å²) in [5.41, 5.74) is 2.79. The zero-order valence-corrected chi connectivity index (χ0v) is 13.6. The Morgan fingerprint density at radius 1 is 1.21 bits per heavy atom. The fourth-order valence-electron chi connectivity index (χ4n) is 2.56. The molecule has 0 bridgehead atoms. The SMILES string of the molecule is Fc1cnc(NCc2ccc3nsnc3c2)nc1N1CCOCC1. The largest absolute Gasteiger partial charge is 0.378 e. The maximum Gasteiger partial charge on any atom is 0.225 e. The first-order valence-corrected chi connectivity index (χ1v) is 8.33. The van der Waals surface area contributed by atoms with Crippen molar-refractivity contribution in [1.29, 1.82) is 0 Å². The minimum atomic E-state index is -0.419. The minimum Gasteiger partial charge on any atom is -0.378 e. The standard InChI is InChI=1S/C15H15FN6OS/c16-11-9-18-15(19-14(11)22-3-5-23-6-4-22)17-8-10-1-2-12-13(7-10)21-24-20-12/h1-2,7,9H,3-6,8H2,(H,17,18,19). The second-order valence-electron chi connectivity index (χ2n) is 5.41. The van der Waals surface area contributed by atoms with Gasteiger partial charge in [-0.1, -0.05) is 6.07 Å². The molecule has 4 rings (SSSR count). The van der Waals surface area contributed by atoms with Crippen molar-refractivity contribution < 1.29 is 9.13 Å². The van der Waals surface area contributed by atoms with Crippen LogP contribution < -0.4 is 10.2 Å². The molecule has 1 aliphatic rings. The number of morpholine rings is 1. The number of nitrogens with zero attached hydrogens (tertiary/aromatic N) is 5. The predicted molar refractivity (Wildman–Crippen MR) is 89.8 cm³/mol. The van der Waals surface area contributed by atoms with Crippen molar-refractivity contribution in [2.75, 3.05) is 36.5 Å². The summed E-state index contributed by atoms with van der Waals surface area (Å²) in [6.45, 7) is 2.94. The minimum absolute atomic E-state index is 0.315. The van der Waals surface area contributed by atoms with Crippen LogP contribution in [0.5, 0.6) is 0 Å². The maximum atomic E-state index is 14.0. The lowest BCUT2D eigenvalue weighted by Gasteiger charge is -2.28. The highest BCUT2D eigenvalue weighted by Gasteiger charge is 2.17. The molecule has 2 aromatic heterocycles. The zero-order valence-electron chi connectivity index (χ0n) is 12.8. The molecule has 0 unspecified atom stereocenters. The van der Waals surface area contributed by atoms with E-state index in [2.05, 4.69) is 24.0 Å². The summed E-state index contributed by atoms with van der Waals surface area (Å²) in [6, 6.07) is 5.88. The number of anilines is 2. The molecule has 0 saturated carbocycles. The van der Waals surface area contributed by atoms with Crippen molar-refractivity contribution in [2.24, 2.45) is 0 Å². The van der Waals surface area contributed by atoms with Crippen LogP contribution in [0.1, 0.15) is 5.56 Å². The van der Waals surface area contributed by atoms with E-state index in [-0.39, 0.29) is 0 Å². The van der Waals surface area contributed by atoms with Gasteiger partial charge in [-0.05, 0) is 17.7 Å². The molecule has 0 atom stereocenters. The molecule has 0 radical (unpaired) electrons. The van der Waals surface area contributed by atoms with E-state index in [4.69, 9.17) is 4.74 Å². The number of fused-ring (bicyclic) bond motifs is 1. The Kier molecular flexibility index (Phi) is 4.18. The van der Waals surface area contributed by atoms with Crippen molar-refractivity contribution in [3.8, 4) is 0 Å². The summed E-state index contributed by atoms with van der Waals surface area (Å²) in [7, 11) is 0. The number of hydrogen-bond acceptors (Lipinski definition) is 8. The number of benzene rings is 1. The first kappa shape index (κ1) is 15.2. The van der Waals surface area contributed by atoms with Crippen LogP contribution in [0, 0.1) is 5.82 Å². The Hall–Kier alpha value is -2.39. The Morgan fingerprint density at radius 2 is 2.04 bits per heavy atom. The fourth-order valence-corrected chi connectivity index (χ4v) is 3.08. The lowest BCUT2D eigenvalue weighted by atomic mass is 10.2. The first-order chi connectivity index (χ1) is 11.8. The molecule has 124 valence electrons. The van der Waals surface area contributed by atoms with Crippen LogP contribution in [0.2, 0.25) is 0 Å². The predicted octanol–water partition coefficient (Wildman–Crippen LogP) is 2.07. The number of halogens is 1. The number of aromatic nitrogens is 4. The summed E-state index contributed by atoms with van der Waals surface area (Å²) in [5, 5.41) is 3.13. The normalized spacial score (nSPS) is 15.0. The third kappa shape index (κ3) is 3.13. The van der Waals surface area contributed by atoms with Gasteiger partial charge < -0.3 is 15.0 Å². The van der Waals surface area contributed by atoms with Gasteiger partial charge in [0.25, 0.3) is 0 Å². The van der Waals surface area contributed by atoms with Gasteiger partial charge in [0.05, 0.1) is 31.1 Å². The van der Waals surface area contributed by atoms with Crippen molar-refractivity contribution >= 4 is 34.5 Å². The third-order valence-corrected chi connectivity index (χ3v) is 4.36. The van der Waals surface area contributed by atoms with E-state index < -0.39 is 5.82 Å². The lowest BCUT2D eigenvalue weighted by Crippen LogP contribution is -2.37. The van der Waals surface area contributed by atoms with Crippen molar-refractivity contribution in [2.45, 2.75) is 6.54 Å². The molecule has 1 aliphatic heterocycles. The molecule has 1 saturated heterocycles. The van der Waals surface area contributed by atoms with Gasteiger partial charge in [-0.25, -0.2) is 9.37 Å². The van der Waals surface area contributed by atoms with Crippen LogP contribution >= 0.6 is 11.7 Å². The Labute approximate surface area is 141 Å². The van der Waals surface area contributed by atoms with Gasteiger partial charge in [0.2, 0.25) is 5.95 Å². The van der Waals surface area contributed by atoms with E-state index >= 15 is 0 Å². The van der Waals surface area contributed by atoms with Crippen LogP contribution in [0.4, 0.5) is 16.2 Å². The average molecular weight is 346 g/mol. The quantitative estimate of drug-likeness (QED) is 0.775. The monoisotopic (exact) mass is 346 g/mol. The molecule has 9 heteroatoms. The maximum absolute atomic E-state index is 14.0. The van der Waals surface area contributed by atoms with E-state index in [9.17, 15) is 4.39 Å². The molecular weight excluding hydrogens is 331 g/mol. The highest BCUT2D eigenvalue weighted by molar-refractivity contribution is 7.00.